The molecule has 150 valence electrons. The quantitative estimate of drug-likeness (QED) is 0.801. The molecule has 4 aliphatic rings. The third-order valence-corrected chi connectivity index (χ3v) is 5.91. The number of rotatable bonds is 4. The Morgan fingerprint density at radius 2 is 1.97 bits per heavy atom. The van der Waals surface area contributed by atoms with Crippen LogP contribution in [0.1, 0.15) is 5.56 Å². The van der Waals surface area contributed by atoms with Crippen molar-refractivity contribution in [2.45, 2.75) is 6.17 Å². The number of hydrogen-bond acceptors (Lipinski definition) is 5. The molecule has 4 heterocycles. The van der Waals surface area contributed by atoms with Crippen LogP contribution in [0.25, 0.3) is 5.70 Å². The van der Waals surface area contributed by atoms with Crippen LogP contribution in [0.4, 0.5) is 0 Å². The lowest BCUT2D eigenvalue weighted by Crippen LogP contribution is -2.41. The number of nitrogens with one attached hydrogen (secondary N) is 2. The number of fused-ring (bicyclic) bond motifs is 1. The second-order valence-corrected chi connectivity index (χ2v) is 7.98. The fraction of sp³-hybridized carbons (Fsp3) is 0.304. The monoisotopic (exact) mass is 408 g/mol. The van der Waals surface area contributed by atoms with E-state index in [9.17, 15) is 0 Å². The second-order valence-electron chi connectivity index (χ2n) is 7.55. The van der Waals surface area contributed by atoms with Crippen molar-refractivity contribution in [2.75, 3.05) is 39.4 Å². The van der Waals surface area contributed by atoms with Crippen LogP contribution < -0.4 is 10.6 Å². The van der Waals surface area contributed by atoms with Gasteiger partial charge in [0.2, 0.25) is 0 Å². The summed E-state index contributed by atoms with van der Waals surface area (Å²) in [6.07, 6.45) is 13.2. The molecule has 2 N–H and O–H groups in total. The lowest BCUT2D eigenvalue weighted by molar-refractivity contribution is 0.0401. The third-order valence-electron chi connectivity index (χ3n) is 5.66. The van der Waals surface area contributed by atoms with E-state index >= 15 is 0 Å². The van der Waals surface area contributed by atoms with E-state index in [0.29, 0.717) is 0 Å². The van der Waals surface area contributed by atoms with E-state index in [0.717, 1.165) is 55.7 Å². The maximum Gasteiger partial charge on any atom is 0.123 e. The van der Waals surface area contributed by atoms with Crippen molar-refractivity contribution in [3.05, 3.63) is 88.4 Å². The van der Waals surface area contributed by atoms with Gasteiger partial charge < -0.3 is 20.3 Å². The van der Waals surface area contributed by atoms with Crippen LogP contribution >= 0.6 is 11.6 Å². The topological polar surface area (TPSA) is 39.8 Å². The van der Waals surface area contributed by atoms with Crippen molar-refractivity contribution < 1.29 is 4.74 Å². The summed E-state index contributed by atoms with van der Waals surface area (Å²) in [7, 11) is 0. The van der Waals surface area contributed by atoms with Crippen LogP contribution in [0.2, 0.25) is 5.02 Å². The van der Waals surface area contributed by atoms with Crippen LogP contribution in [0, 0.1) is 0 Å². The van der Waals surface area contributed by atoms with Crippen molar-refractivity contribution in [3.63, 3.8) is 0 Å². The molecule has 5 nitrogen and oxygen atoms in total. The summed E-state index contributed by atoms with van der Waals surface area (Å²) in [5, 5.41) is 7.93. The minimum absolute atomic E-state index is 0.125. The standard InChI is InChI=1S/C23H25ClN4O/c24-19-7-4-17(5-8-19)23-21(16-27-11-13-29-14-12-27)28-15-18(6-9-22(28)26-23)20-3-1-2-10-25-20/h1-9,15,22,25-26H,10-14,16H2. The first kappa shape index (κ1) is 18.6. The molecule has 0 aromatic heterocycles. The molecule has 1 fully saturated rings. The highest BCUT2D eigenvalue weighted by Crippen LogP contribution is 2.33. The van der Waals surface area contributed by atoms with Crippen molar-refractivity contribution >= 4 is 17.3 Å². The fourth-order valence-corrected chi connectivity index (χ4v) is 4.23. The number of morpholine rings is 1. The van der Waals surface area contributed by atoms with Gasteiger partial charge in [0.1, 0.15) is 6.17 Å². The molecule has 1 aromatic carbocycles. The van der Waals surface area contributed by atoms with Crippen molar-refractivity contribution in [3.8, 4) is 0 Å². The molecule has 0 aliphatic carbocycles. The Balaban J connectivity index is 1.50. The highest BCUT2D eigenvalue weighted by atomic mass is 35.5. The van der Waals surface area contributed by atoms with Gasteiger partial charge in [-0.15, -0.1) is 0 Å². The first-order chi connectivity index (χ1) is 14.3. The SMILES string of the molecule is Clc1ccc(C2=C(CN3CCOCC3)N3C=C(C4=CC=CCN4)C=CC3N2)cc1. The summed E-state index contributed by atoms with van der Waals surface area (Å²) < 4.78 is 5.54. The van der Waals surface area contributed by atoms with Gasteiger partial charge in [-0.2, -0.15) is 0 Å². The predicted octanol–water partition coefficient (Wildman–Crippen LogP) is 3.07. The normalized spacial score (nSPS) is 24.0. The third kappa shape index (κ3) is 3.86. The Hall–Kier alpha value is -2.47. The van der Waals surface area contributed by atoms with Crippen LogP contribution in [0.15, 0.2) is 77.8 Å². The molecule has 1 unspecified atom stereocenters. The molecule has 0 bridgehead atoms. The van der Waals surface area contributed by atoms with Crippen molar-refractivity contribution in [1.29, 1.82) is 0 Å². The molecule has 0 radical (unpaired) electrons. The van der Waals surface area contributed by atoms with E-state index in [4.69, 9.17) is 16.3 Å². The van der Waals surface area contributed by atoms with Gasteiger partial charge in [-0.1, -0.05) is 42.0 Å². The molecule has 1 atom stereocenters. The number of allylic oxidation sites excluding steroid dienone is 3. The number of ether oxygens (including phenoxy) is 1. The summed E-state index contributed by atoms with van der Waals surface area (Å²) in [4.78, 5) is 4.83. The molecular weight excluding hydrogens is 384 g/mol. The highest BCUT2D eigenvalue weighted by molar-refractivity contribution is 6.30. The Kier molecular flexibility index (Phi) is 5.19. The van der Waals surface area contributed by atoms with E-state index < -0.39 is 0 Å². The Morgan fingerprint density at radius 1 is 1.14 bits per heavy atom. The van der Waals surface area contributed by atoms with Gasteiger partial charge in [0, 0.05) is 48.7 Å². The van der Waals surface area contributed by atoms with Gasteiger partial charge >= 0.3 is 0 Å². The number of nitrogens with zero attached hydrogens (tertiary/aromatic N) is 2. The molecule has 29 heavy (non-hydrogen) atoms. The second kappa shape index (κ2) is 8.11. The number of benzene rings is 1. The summed E-state index contributed by atoms with van der Waals surface area (Å²) in [6.45, 7) is 5.26. The van der Waals surface area contributed by atoms with E-state index in [-0.39, 0.29) is 6.17 Å². The maximum atomic E-state index is 6.13. The molecule has 1 aromatic rings. The first-order valence-corrected chi connectivity index (χ1v) is 10.5. The zero-order valence-electron chi connectivity index (χ0n) is 16.3. The van der Waals surface area contributed by atoms with E-state index in [1.165, 1.54) is 17.0 Å². The lowest BCUT2D eigenvalue weighted by atomic mass is 10.1. The average molecular weight is 409 g/mol. The van der Waals surface area contributed by atoms with Crippen molar-refractivity contribution in [1.82, 2.24) is 20.4 Å². The minimum Gasteiger partial charge on any atom is -0.381 e. The van der Waals surface area contributed by atoms with Gasteiger partial charge in [0.05, 0.1) is 24.6 Å². The molecule has 4 aliphatic heterocycles. The molecule has 0 spiro atoms. The average Bonchev–Trinajstić information content (AvgIpc) is 3.13. The largest absolute Gasteiger partial charge is 0.381 e. The summed E-state index contributed by atoms with van der Waals surface area (Å²) in [5.74, 6) is 0. The van der Waals surface area contributed by atoms with Gasteiger partial charge in [-0.3, -0.25) is 4.90 Å². The highest BCUT2D eigenvalue weighted by Gasteiger charge is 2.32. The Labute approximate surface area is 176 Å². The molecule has 1 saturated heterocycles. The van der Waals surface area contributed by atoms with E-state index in [2.05, 4.69) is 69.1 Å². The molecule has 0 saturated carbocycles. The smallest absolute Gasteiger partial charge is 0.123 e. The molecular formula is C23H25ClN4O. The Morgan fingerprint density at radius 3 is 2.72 bits per heavy atom. The first-order valence-electron chi connectivity index (χ1n) is 10.1. The van der Waals surface area contributed by atoms with Crippen LogP contribution in [0.3, 0.4) is 0 Å². The predicted molar refractivity (Wildman–Crippen MR) is 117 cm³/mol. The van der Waals surface area contributed by atoms with E-state index in [1.54, 1.807) is 0 Å². The van der Waals surface area contributed by atoms with E-state index in [1.807, 2.05) is 12.1 Å². The van der Waals surface area contributed by atoms with Gasteiger partial charge in [0.15, 0.2) is 0 Å². The number of halogens is 1. The lowest BCUT2D eigenvalue weighted by Gasteiger charge is -2.32. The van der Waals surface area contributed by atoms with Crippen LogP contribution in [-0.4, -0.2) is 55.4 Å². The van der Waals surface area contributed by atoms with Crippen LogP contribution in [0.5, 0.6) is 0 Å². The summed E-state index contributed by atoms with van der Waals surface area (Å²) >= 11 is 6.13. The van der Waals surface area contributed by atoms with Crippen molar-refractivity contribution in [2.24, 2.45) is 0 Å². The maximum absolute atomic E-state index is 6.13. The summed E-state index contributed by atoms with van der Waals surface area (Å²) in [5.41, 5.74) is 5.98. The summed E-state index contributed by atoms with van der Waals surface area (Å²) in [6, 6.07) is 8.09. The minimum atomic E-state index is 0.125. The van der Waals surface area contributed by atoms with Gasteiger partial charge in [-0.05, 0) is 29.8 Å². The molecule has 6 heteroatoms. The van der Waals surface area contributed by atoms with Gasteiger partial charge in [0.25, 0.3) is 0 Å². The van der Waals surface area contributed by atoms with Crippen LogP contribution in [-0.2, 0) is 4.74 Å². The molecule has 5 rings (SSSR count). The molecule has 0 amide bonds. The number of dihydropyridines is 1. The zero-order valence-corrected chi connectivity index (χ0v) is 17.0. The zero-order chi connectivity index (χ0) is 19.6. The number of hydrogen-bond donors (Lipinski definition) is 2. The fourth-order valence-electron chi connectivity index (χ4n) is 4.10. The van der Waals surface area contributed by atoms with Gasteiger partial charge in [-0.25, -0.2) is 0 Å². The Bertz CT molecular complexity index is 923.